The third-order valence-corrected chi connectivity index (χ3v) is 7.21. The molecule has 1 aliphatic carbocycles. The number of alkyl halides is 2. The minimum absolute atomic E-state index is 0.0889. The van der Waals surface area contributed by atoms with Crippen LogP contribution < -0.4 is 4.72 Å². The van der Waals surface area contributed by atoms with Gasteiger partial charge in [-0.15, -0.1) is 0 Å². The van der Waals surface area contributed by atoms with Gasteiger partial charge in [-0.1, -0.05) is 48.5 Å². The van der Waals surface area contributed by atoms with Crippen LogP contribution in [0, 0.1) is 11.7 Å². The molecule has 10 heteroatoms. The number of hydrogen-bond donors (Lipinski definition) is 2. The van der Waals surface area contributed by atoms with E-state index in [-0.39, 0.29) is 17.9 Å². The standard InChI is InChI=1S/C23H25F3N2O4S/c1-33(31,32)27-20-15-10-16(11-15)28(23(30)21(29)22(25)26)18(20)12-14-8-5-9-17(19(14)24)13-6-3-2-4-7-13/h2-9,15-16,18,20-22,27,29H,10-12H2,1H3/t15?,16?,18-,20-,21?/m0/s1. The Hall–Kier alpha value is -2.43. The molecule has 2 bridgehead atoms. The summed E-state index contributed by atoms with van der Waals surface area (Å²) in [7, 11) is -3.70. The Kier molecular flexibility index (Phi) is 6.52. The molecule has 3 atom stereocenters. The zero-order valence-corrected chi connectivity index (χ0v) is 18.7. The van der Waals surface area contributed by atoms with Crippen LogP contribution in [0.2, 0.25) is 0 Å². The summed E-state index contributed by atoms with van der Waals surface area (Å²) in [5, 5.41) is 9.78. The van der Waals surface area contributed by atoms with Crippen molar-refractivity contribution in [3.05, 3.63) is 59.9 Å². The monoisotopic (exact) mass is 482 g/mol. The molecule has 6 nitrogen and oxygen atoms in total. The van der Waals surface area contributed by atoms with E-state index < -0.39 is 52.4 Å². The number of carbonyl (C=O) groups excluding carboxylic acids is 1. The number of fused-ring (bicyclic) bond motifs is 2. The Morgan fingerprint density at radius 2 is 1.82 bits per heavy atom. The first kappa shape index (κ1) is 23.7. The van der Waals surface area contributed by atoms with Crippen LogP contribution in [-0.4, -0.2) is 61.2 Å². The van der Waals surface area contributed by atoms with Crippen LogP contribution in [0.15, 0.2) is 48.5 Å². The van der Waals surface area contributed by atoms with E-state index in [1.165, 1.54) is 6.07 Å². The van der Waals surface area contributed by atoms with E-state index in [4.69, 9.17) is 0 Å². The van der Waals surface area contributed by atoms with Crippen molar-refractivity contribution in [3.63, 3.8) is 0 Å². The largest absolute Gasteiger partial charge is 0.378 e. The van der Waals surface area contributed by atoms with E-state index >= 15 is 4.39 Å². The average Bonchev–Trinajstić information content (AvgIpc) is 2.73. The Morgan fingerprint density at radius 1 is 1.15 bits per heavy atom. The molecule has 33 heavy (non-hydrogen) atoms. The van der Waals surface area contributed by atoms with E-state index in [1.54, 1.807) is 42.5 Å². The summed E-state index contributed by atoms with van der Waals surface area (Å²) >= 11 is 0. The molecular weight excluding hydrogens is 457 g/mol. The quantitative estimate of drug-likeness (QED) is 0.635. The number of aliphatic hydroxyl groups is 1. The van der Waals surface area contributed by atoms with Crippen molar-refractivity contribution in [1.29, 1.82) is 0 Å². The van der Waals surface area contributed by atoms with Crippen LogP contribution in [0.1, 0.15) is 18.4 Å². The Labute approximate surface area is 190 Å². The number of piperidine rings is 2. The fourth-order valence-corrected chi connectivity index (χ4v) is 5.81. The maximum Gasteiger partial charge on any atom is 0.273 e. The van der Waals surface area contributed by atoms with Crippen molar-refractivity contribution in [1.82, 2.24) is 9.62 Å². The Morgan fingerprint density at radius 3 is 2.42 bits per heavy atom. The molecule has 2 saturated heterocycles. The fraction of sp³-hybridized carbons (Fsp3) is 0.435. The van der Waals surface area contributed by atoms with E-state index in [9.17, 15) is 27.1 Å². The number of halogens is 3. The van der Waals surface area contributed by atoms with Gasteiger partial charge in [0.05, 0.1) is 12.3 Å². The molecule has 178 valence electrons. The highest BCUT2D eigenvalue weighted by molar-refractivity contribution is 7.88. The molecular formula is C23H25F3N2O4S. The van der Waals surface area contributed by atoms with Gasteiger partial charge in [0.1, 0.15) is 5.82 Å². The molecule has 2 aromatic rings. The number of hydrogen-bond acceptors (Lipinski definition) is 4. The van der Waals surface area contributed by atoms with Gasteiger partial charge >= 0.3 is 0 Å². The number of carbonyl (C=O) groups is 1. The number of nitrogens with one attached hydrogen (secondary N) is 1. The summed E-state index contributed by atoms with van der Waals surface area (Å²) < 4.78 is 68.3. The lowest BCUT2D eigenvalue weighted by atomic mass is 9.66. The van der Waals surface area contributed by atoms with Crippen molar-refractivity contribution < 1.29 is 31.5 Å². The van der Waals surface area contributed by atoms with Gasteiger partial charge in [0.15, 0.2) is 6.10 Å². The van der Waals surface area contributed by atoms with Crippen LogP contribution >= 0.6 is 0 Å². The lowest BCUT2D eigenvalue weighted by Crippen LogP contribution is -2.71. The normalized spacial score (nSPS) is 25.6. The van der Waals surface area contributed by atoms with Gasteiger partial charge in [0, 0.05) is 17.6 Å². The maximum atomic E-state index is 15.5. The van der Waals surface area contributed by atoms with Crippen LogP contribution in [0.5, 0.6) is 0 Å². The van der Waals surface area contributed by atoms with Crippen LogP contribution in [0.3, 0.4) is 0 Å². The molecule has 2 N–H and O–H groups in total. The summed E-state index contributed by atoms with van der Waals surface area (Å²) in [6.07, 6.45) is -4.06. The van der Waals surface area contributed by atoms with Gasteiger partial charge in [0.2, 0.25) is 10.0 Å². The van der Waals surface area contributed by atoms with Crippen LogP contribution in [-0.2, 0) is 21.2 Å². The molecule has 0 spiro atoms. The number of sulfonamides is 1. The highest BCUT2D eigenvalue weighted by Crippen LogP contribution is 2.45. The summed E-state index contributed by atoms with van der Waals surface area (Å²) in [4.78, 5) is 13.9. The van der Waals surface area contributed by atoms with Gasteiger partial charge in [-0.2, -0.15) is 0 Å². The van der Waals surface area contributed by atoms with E-state index in [2.05, 4.69) is 4.72 Å². The van der Waals surface area contributed by atoms with Crippen molar-refractivity contribution >= 4 is 15.9 Å². The van der Waals surface area contributed by atoms with Crippen LogP contribution in [0.4, 0.5) is 13.2 Å². The van der Waals surface area contributed by atoms with Gasteiger partial charge in [0.25, 0.3) is 12.3 Å². The van der Waals surface area contributed by atoms with Crippen molar-refractivity contribution in [2.24, 2.45) is 5.92 Å². The number of amides is 1. The molecule has 1 unspecified atom stereocenters. The van der Waals surface area contributed by atoms with Crippen LogP contribution in [0.25, 0.3) is 11.1 Å². The number of aliphatic hydroxyl groups excluding tert-OH is 1. The second kappa shape index (κ2) is 9.08. The molecule has 3 fully saturated rings. The molecule has 0 radical (unpaired) electrons. The second-order valence-electron chi connectivity index (χ2n) is 8.74. The van der Waals surface area contributed by atoms with Crippen molar-refractivity contribution in [3.8, 4) is 11.1 Å². The number of benzene rings is 2. The lowest BCUT2D eigenvalue weighted by Gasteiger charge is -2.58. The lowest BCUT2D eigenvalue weighted by molar-refractivity contribution is -0.165. The average molecular weight is 483 g/mol. The predicted octanol–water partition coefficient (Wildman–Crippen LogP) is 2.57. The Bertz CT molecular complexity index is 1120. The minimum atomic E-state index is -3.70. The topological polar surface area (TPSA) is 86.7 Å². The molecule has 2 heterocycles. The second-order valence-corrected chi connectivity index (χ2v) is 10.5. The fourth-order valence-electron chi connectivity index (χ4n) is 4.96. The molecule has 1 amide bonds. The van der Waals surface area contributed by atoms with Gasteiger partial charge < -0.3 is 10.0 Å². The molecule has 1 saturated carbocycles. The SMILES string of the molecule is CS(=O)(=O)N[C@H]1C2CC(C2)N(C(=O)C(O)C(F)F)[C@H]1Cc1cccc(-c2ccccc2)c1F. The first-order valence-electron chi connectivity index (χ1n) is 10.7. The molecule has 5 rings (SSSR count). The number of nitrogens with zero attached hydrogens (tertiary/aromatic N) is 1. The zero-order valence-electron chi connectivity index (χ0n) is 17.9. The highest BCUT2D eigenvalue weighted by Gasteiger charge is 2.54. The smallest absolute Gasteiger partial charge is 0.273 e. The molecule has 0 aromatic heterocycles. The maximum absolute atomic E-state index is 15.5. The third kappa shape index (κ3) is 4.78. The van der Waals surface area contributed by atoms with Crippen molar-refractivity contribution in [2.75, 3.05) is 6.26 Å². The minimum Gasteiger partial charge on any atom is -0.378 e. The summed E-state index contributed by atoms with van der Waals surface area (Å²) in [6, 6.07) is 11.6. The van der Waals surface area contributed by atoms with E-state index in [1.807, 2.05) is 0 Å². The summed E-state index contributed by atoms with van der Waals surface area (Å²) in [6.45, 7) is 0. The Balaban J connectivity index is 1.72. The predicted molar refractivity (Wildman–Crippen MR) is 116 cm³/mol. The highest BCUT2D eigenvalue weighted by atomic mass is 32.2. The van der Waals surface area contributed by atoms with E-state index in [0.29, 0.717) is 24.0 Å². The first-order chi connectivity index (χ1) is 15.6. The van der Waals surface area contributed by atoms with Crippen molar-refractivity contribution in [2.45, 2.75) is 49.9 Å². The van der Waals surface area contributed by atoms with Gasteiger partial charge in [-0.05, 0) is 36.3 Å². The van der Waals surface area contributed by atoms with E-state index in [0.717, 1.165) is 11.2 Å². The molecule has 3 aliphatic rings. The third-order valence-electron chi connectivity index (χ3n) is 6.51. The molecule has 2 aliphatic heterocycles. The van der Waals surface area contributed by atoms with Gasteiger partial charge in [-0.25, -0.2) is 26.3 Å². The molecule has 2 aromatic carbocycles. The zero-order chi connectivity index (χ0) is 23.9. The summed E-state index contributed by atoms with van der Waals surface area (Å²) in [5.41, 5.74) is 1.22. The first-order valence-corrected chi connectivity index (χ1v) is 12.5. The summed E-state index contributed by atoms with van der Waals surface area (Å²) in [5.74, 6) is -1.80. The number of rotatable bonds is 7. The van der Waals surface area contributed by atoms with Gasteiger partial charge in [-0.3, -0.25) is 4.79 Å².